The van der Waals surface area contributed by atoms with Crippen LogP contribution >= 0.6 is 0 Å². The van der Waals surface area contributed by atoms with Gasteiger partial charge in [0.2, 0.25) is 0 Å². The van der Waals surface area contributed by atoms with Gasteiger partial charge in [-0.2, -0.15) is 5.10 Å². The Balaban J connectivity index is 1.72. The normalized spacial score (nSPS) is 12.3. The monoisotopic (exact) mass is 407 g/mol. The molecule has 0 aliphatic rings. The van der Waals surface area contributed by atoms with Crippen molar-refractivity contribution in [3.8, 4) is 5.75 Å². The van der Waals surface area contributed by atoms with Gasteiger partial charge in [0.05, 0.1) is 6.21 Å². The highest BCUT2D eigenvalue weighted by molar-refractivity contribution is 6.03. The summed E-state index contributed by atoms with van der Waals surface area (Å²) in [5.41, 5.74) is 3.14. The van der Waals surface area contributed by atoms with Crippen LogP contribution in [0.15, 0.2) is 65.8 Å². The number of hydrazone groups is 1. The third-order valence-electron chi connectivity index (χ3n) is 4.66. The van der Waals surface area contributed by atoms with E-state index in [0.29, 0.717) is 5.56 Å². The van der Waals surface area contributed by atoms with Gasteiger partial charge in [0.25, 0.3) is 11.8 Å². The molecule has 0 radical (unpaired) electrons. The summed E-state index contributed by atoms with van der Waals surface area (Å²) in [4.78, 5) is 25.0. The van der Waals surface area contributed by atoms with Crippen LogP contribution in [0.2, 0.25) is 0 Å². The first-order valence-corrected chi connectivity index (χ1v) is 9.47. The van der Waals surface area contributed by atoms with E-state index in [1.165, 1.54) is 30.5 Å². The first kappa shape index (κ1) is 21.0. The summed E-state index contributed by atoms with van der Waals surface area (Å²) in [7, 11) is 0. The van der Waals surface area contributed by atoms with Crippen molar-refractivity contribution in [1.82, 2.24) is 10.7 Å². The highest BCUT2D eigenvalue weighted by Gasteiger charge is 2.24. The van der Waals surface area contributed by atoms with E-state index in [1.807, 2.05) is 24.3 Å². The Kier molecular flexibility index (Phi) is 6.41. The highest BCUT2D eigenvalue weighted by Crippen LogP contribution is 2.25. The summed E-state index contributed by atoms with van der Waals surface area (Å²) in [5, 5.41) is 18.5. The second-order valence-corrected chi connectivity index (χ2v) is 7.16. The quantitative estimate of drug-likeness (QED) is 0.431. The minimum Gasteiger partial charge on any atom is -0.507 e. The fraction of sp³-hybridized carbons (Fsp3) is 0.174. The molecule has 154 valence electrons. The molecule has 0 bridgehead atoms. The zero-order valence-corrected chi connectivity index (χ0v) is 16.6. The number of phenolic OH excluding ortho intramolecular Hbond substituents is 1. The molecule has 0 heterocycles. The molecule has 0 fully saturated rings. The number of hydrogen-bond donors (Lipinski definition) is 3. The number of rotatable bonds is 6. The van der Waals surface area contributed by atoms with Crippen LogP contribution in [-0.4, -0.2) is 29.2 Å². The molecule has 0 aliphatic carbocycles. The molecule has 0 saturated heterocycles. The Hall–Kier alpha value is -3.74. The van der Waals surface area contributed by atoms with E-state index < -0.39 is 23.7 Å². The Morgan fingerprint density at radius 2 is 1.73 bits per heavy atom. The van der Waals surface area contributed by atoms with Crippen molar-refractivity contribution in [2.75, 3.05) is 0 Å². The average Bonchev–Trinajstić information content (AvgIpc) is 2.73. The van der Waals surface area contributed by atoms with Crippen molar-refractivity contribution in [2.24, 2.45) is 11.0 Å². The van der Waals surface area contributed by atoms with Crippen LogP contribution in [-0.2, 0) is 4.79 Å². The zero-order chi connectivity index (χ0) is 21.7. The first-order chi connectivity index (χ1) is 14.4. The average molecular weight is 407 g/mol. The van der Waals surface area contributed by atoms with Gasteiger partial charge in [0, 0.05) is 11.1 Å². The Morgan fingerprint density at radius 3 is 2.43 bits per heavy atom. The Morgan fingerprint density at radius 1 is 1.03 bits per heavy atom. The maximum Gasteiger partial charge on any atom is 0.262 e. The molecule has 30 heavy (non-hydrogen) atoms. The number of nitrogens with zero attached hydrogens (tertiary/aromatic N) is 1. The number of fused-ring (bicyclic) bond motifs is 1. The van der Waals surface area contributed by atoms with Crippen molar-refractivity contribution in [1.29, 1.82) is 0 Å². The van der Waals surface area contributed by atoms with Crippen molar-refractivity contribution in [3.05, 3.63) is 77.6 Å². The second-order valence-electron chi connectivity index (χ2n) is 7.16. The predicted molar refractivity (Wildman–Crippen MR) is 114 cm³/mol. The topological polar surface area (TPSA) is 90.8 Å². The summed E-state index contributed by atoms with van der Waals surface area (Å²) in [6.45, 7) is 3.57. The molecule has 0 saturated carbocycles. The van der Waals surface area contributed by atoms with E-state index >= 15 is 0 Å². The summed E-state index contributed by atoms with van der Waals surface area (Å²) in [6, 6.07) is 15.1. The summed E-state index contributed by atoms with van der Waals surface area (Å²) >= 11 is 0. The molecule has 3 aromatic rings. The van der Waals surface area contributed by atoms with E-state index in [4.69, 9.17) is 0 Å². The lowest BCUT2D eigenvalue weighted by molar-refractivity contribution is -0.123. The molecule has 3 rings (SSSR count). The van der Waals surface area contributed by atoms with E-state index in [-0.39, 0.29) is 17.2 Å². The van der Waals surface area contributed by atoms with Crippen LogP contribution in [0.4, 0.5) is 4.39 Å². The molecule has 3 aromatic carbocycles. The van der Waals surface area contributed by atoms with Gasteiger partial charge in [0.1, 0.15) is 17.6 Å². The Labute approximate surface area is 173 Å². The third-order valence-corrected chi connectivity index (χ3v) is 4.66. The molecule has 1 atom stereocenters. The van der Waals surface area contributed by atoms with Crippen molar-refractivity contribution < 1.29 is 19.1 Å². The summed E-state index contributed by atoms with van der Waals surface area (Å²) in [5.74, 6) is -1.61. The van der Waals surface area contributed by atoms with Crippen molar-refractivity contribution in [2.45, 2.75) is 19.9 Å². The fourth-order valence-corrected chi connectivity index (χ4v) is 3.01. The van der Waals surface area contributed by atoms with Crippen molar-refractivity contribution >= 4 is 28.8 Å². The van der Waals surface area contributed by atoms with Crippen LogP contribution in [0.25, 0.3) is 10.8 Å². The van der Waals surface area contributed by atoms with Crippen LogP contribution < -0.4 is 10.7 Å². The van der Waals surface area contributed by atoms with E-state index in [0.717, 1.165) is 10.8 Å². The van der Waals surface area contributed by atoms with Crippen LogP contribution in [0.1, 0.15) is 29.8 Å². The molecular formula is C23H22FN3O3. The molecule has 3 N–H and O–H groups in total. The number of halogens is 1. The minimum atomic E-state index is -0.846. The minimum absolute atomic E-state index is 0.0386. The van der Waals surface area contributed by atoms with Gasteiger partial charge in [-0.25, -0.2) is 9.82 Å². The largest absolute Gasteiger partial charge is 0.507 e. The predicted octanol–water partition coefficient (Wildman–Crippen LogP) is 3.59. The molecule has 6 nitrogen and oxygen atoms in total. The maximum absolute atomic E-state index is 13.0. The van der Waals surface area contributed by atoms with Gasteiger partial charge in [-0.05, 0) is 47.0 Å². The zero-order valence-electron chi connectivity index (χ0n) is 16.6. The SMILES string of the molecule is CC(C)C(NC(=O)c1ccc(F)cc1)C(=O)NN=Cc1c(O)ccc2ccccc12. The third kappa shape index (κ3) is 4.81. The van der Waals surface area contributed by atoms with Crippen molar-refractivity contribution in [3.63, 3.8) is 0 Å². The molecule has 7 heteroatoms. The van der Waals surface area contributed by atoms with Gasteiger partial charge in [-0.1, -0.05) is 44.2 Å². The van der Waals surface area contributed by atoms with Gasteiger partial charge in [-0.15, -0.1) is 0 Å². The van der Waals surface area contributed by atoms with E-state index in [9.17, 15) is 19.1 Å². The molecule has 1 unspecified atom stereocenters. The van der Waals surface area contributed by atoms with E-state index in [1.54, 1.807) is 26.0 Å². The molecular weight excluding hydrogens is 385 g/mol. The number of carbonyl (C=O) groups is 2. The maximum atomic E-state index is 13.0. The number of aromatic hydroxyl groups is 1. The summed E-state index contributed by atoms with van der Waals surface area (Å²) in [6.07, 6.45) is 1.37. The number of nitrogens with one attached hydrogen (secondary N) is 2. The number of amides is 2. The first-order valence-electron chi connectivity index (χ1n) is 9.47. The van der Waals surface area contributed by atoms with Gasteiger partial charge < -0.3 is 10.4 Å². The van der Waals surface area contributed by atoms with Gasteiger partial charge in [-0.3, -0.25) is 9.59 Å². The lowest BCUT2D eigenvalue weighted by Crippen LogP contribution is -2.48. The smallest absolute Gasteiger partial charge is 0.262 e. The lowest BCUT2D eigenvalue weighted by atomic mass is 10.0. The highest BCUT2D eigenvalue weighted by atomic mass is 19.1. The van der Waals surface area contributed by atoms with Gasteiger partial charge in [0.15, 0.2) is 0 Å². The lowest BCUT2D eigenvalue weighted by Gasteiger charge is -2.20. The molecule has 0 aromatic heterocycles. The van der Waals surface area contributed by atoms with E-state index in [2.05, 4.69) is 15.8 Å². The number of carbonyl (C=O) groups excluding carboxylic acids is 2. The number of hydrogen-bond acceptors (Lipinski definition) is 4. The summed E-state index contributed by atoms with van der Waals surface area (Å²) < 4.78 is 13.0. The molecule has 2 amide bonds. The van der Waals surface area contributed by atoms with Gasteiger partial charge >= 0.3 is 0 Å². The molecule has 0 aliphatic heterocycles. The second kappa shape index (κ2) is 9.17. The van der Waals surface area contributed by atoms with Crippen LogP contribution in [0, 0.1) is 11.7 Å². The number of phenols is 1. The van der Waals surface area contributed by atoms with Crippen LogP contribution in [0.5, 0.6) is 5.75 Å². The standard InChI is InChI=1S/C23H22FN3O3/c1-14(2)21(26-22(29)16-7-10-17(24)11-8-16)23(30)27-25-13-19-18-6-4-3-5-15(18)9-12-20(19)28/h3-14,21,28H,1-2H3,(H,26,29)(H,27,30). The fourth-order valence-electron chi connectivity index (χ4n) is 3.01. The number of benzene rings is 3. The Bertz CT molecular complexity index is 1090. The molecule has 0 spiro atoms. The van der Waals surface area contributed by atoms with Crippen LogP contribution in [0.3, 0.4) is 0 Å².